The fraction of sp³-hybridized carbons (Fsp3) is 0.333. The summed E-state index contributed by atoms with van der Waals surface area (Å²) in [5, 5.41) is 3.06. The van der Waals surface area contributed by atoms with E-state index < -0.39 is 0 Å². The summed E-state index contributed by atoms with van der Waals surface area (Å²) < 4.78 is 0. The number of aryl methyl sites for hydroxylation is 1. The molecule has 0 bridgehead atoms. The number of nitrogens with two attached hydrogens (primary N) is 1. The molecule has 0 saturated heterocycles. The Morgan fingerprint density at radius 3 is 3.08 bits per heavy atom. The Kier molecular flexibility index (Phi) is 3.92. The molecule has 4 heteroatoms. The highest BCUT2D eigenvalue weighted by Crippen LogP contribution is 1.97. The highest BCUT2D eigenvalue weighted by Gasteiger charge is 1.91. The molecule has 0 amide bonds. The second-order valence-corrected chi connectivity index (χ2v) is 2.61. The Morgan fingerprint density at radius 2 is 2.38 bits per heavy atom. The fourth-order valence-corrected chi connectivity index (χ4v) is 0.864. The monoisotopic (exact) mass is 178 g/mol. The van der Waals surface area contributed by atoms with Crippen molar-refractivity contribution in [2.45, 2.75) is 6.92 Å². The first-order valence-electron chi connectivity index (χ1n) is 4.21. The molecule has 0 fully saturated rings. The summed E-state index contributed by atoms with van der Waals surface area (Å²) in [7, 11) is 0. The Balaban J connectivity index is 2.41. The summed E-state index contributed by atoms with van der Waals surface area (Å²) in [5.74, 6) is 0.654. The first kappa shape index (κ1) is 9.67. The molecule has 4 nitrogen and oxygen atoms in total. The van der Waals surface area contributed by atoms with Gasteiger partial charge < -0.3 is 11.1 Å². The van der Waals surface area contributed by atoms with Crippen LogP contribution in [-0.2, 0) is 0 Å². The van der Waals surface area contributed by atoms with Gasteiger partial charge in [-0.15, -0.1) is 0 Å². The van der Waals surface area contributed by atoms with Gasteiger partial charge >= 0.3 is 0 Å². The highest BCUT2D eigenvalue weighted by atomic mass is 15.1. The van der Waals surface area contributed by atoms with E-state index in [0.29, 0.717) is 19.0 Å². The van der Waals surface area contributed by atoms with Gasteiger partial charge in [-0.25, -0.2) is 9.97 Å². The van der Waals surface area contributed by atoms with Gasteiger partial charge in [0.25, 0.3) is 0 Å². The lowest BCUT2D eigenvalue weighted by molar-refractivity contribution is 1.07. The maximum Gasteiger partial charge on any atom is 0.223 e. The Morgan fingerprint density at radius 1 is 1.54 bits per heavy atom. The topological polar surface area (TPSA) is 63.8 Å². The van der Waals surface area contributed by atoms with Gasteiger partial charge in [0.05, 0.1) is 0 Å². The number of hydrogen-bond acceptors (Lipinski definition) is 4. The molecule has 1 heterocycles. The normalized spacial score (nSPS) is 10.6. The standard InChI is InChI=1S/C9H14N4/c1-8-4-7-12-9(13-8)11-6-3-2-5-10/h2-4,7H,5-6,10H2,1H3,(H,11,12,13)/b3-2+. The van der Waals surface area contributed by atoms with Crippen LogP contribution in [0.5, 0.6) is 0 Å². The molecule has 0 atom stereocenters. The molecule has 0 unspecified atom stereocenters. The van der Waals surface area contributed by atoms with E-state index in [9.17, 15) is 0 Å². The van der Waals surface area contributed by atoms with Crippen molar-refractivity contribution < 1.29 is 0 Å². The van der Waals surface area contributed by atoms with Gasteiger partial charge in [-0.2, -0.15) is 0 Å². The molecule has 0 aromatic carbocycles. The second-order valence-electron chi connectivity index (χ2n) is 2.61. The molecule has 0 spiro atoms. The minimum absolute atomic E-state index is 0.566. The van der Waals surface area contributed by atoms with Gasteiger partial charge in [0.2, 0.25) is 5.95 Å². The van der Waals surface area contributed by atoms with E-state index in [2.05, 4.69) is 15.3 Å². The molecule has 0 radical (unpaired) electrons. The third-order valence-electron chi connectivity index (χ3n) is 1.48. The van der Waals surface area contributed by atoms with E-state index in [0.717, 1.165) is 5.69 Å². The fourth-order valence-electron chi connectivity index (χ4n) is 0.864. The van der Waals surface area contributed by atoms with Crippen LogP contribution in [0.15, 0.2) is 24.4 Å². The van der Waals surface area contributed by atoms with Crippen molar-refractivity contribution in [3.8, 4) is 0 Å². The van der Waals surface area contributed by atoms with Crippen LogP contribution in [-0.4, -0.2) is 23.1 Å². The molecule has 1 rings (SSSR count). The summed E-state index contributed by atoms with van der Waals surface area (Å²) in [6.45, 7) is 3.21. The van der Waals surface area contributed by atoms with Crippen molar-refractivity contribution in [1.29, 1.82) is 0 Å². The molecule has 1 aromatic rings. The number of aromatic nitrogens is 2. The van der Waals surface area contributed by atoms with Crippen LogP contribution in [0, 0.1) is 6.92 Å². The molecule has 13 heavy (non-hydrogen) atoms. The number of hydrogen-bond donors (Lipinski definition) is 2. The summed E-state index contributed by atoms with van der Waals surface area (Å²) in [4.78, 5) is 8.23. The molecular weight excluding hydrogens is 164 g/mol. The van der Waals surface area contributed by atoms with Gasteiger partial charge in [-0.3, -0.25) is 0 Å². The number of rotatable bonds is 4. The van der Waals surface area contributed by atoms with Crippen molar-refractivity contribution in [3.63, 3.8) is 0 Å². The highest BCUT2D eigenvalue weighted by molar-refractivity contribution is 5.25. The molecule has 1 aromatic heterocycles. The predicted molar refractivity (Wildman–Crippen MR) is 53.5 cm³/mol. The van der Waals surface area contributed by atoms with Crippen molar-refractivity contribution in [2.75, 3.05) is 18.4 Å². The Labute approximate surface area is 77.9 Å². The molecule has 0 aliphatic carbocycles. The van der Waals surface area contributed by atoms with Gasteiger partial charge in [-0.05, 0) is 13.0 Å². The van der Waals surface area contributed by atoms with Crippen LogP contribution in [0.4, 0.5) is 5.95 Å². The van der Waals surface area contributed by atoms with E-state index in [-0.39, 0.29) is 0 Å². The Hall–Kier alpha value is -1.42. The van der Waals surface area contributed by atoms with Gasteiger partial charge in [0.1, 0.15) is 0 Å². The zero-order chi connectivity index (χ0) is 9.52. The van der Waals surface area contributed by atoms with Crippen LogP contribution in [0.3, 0.4) is 0 Å². The van der Waals surface area contributed by atoms with Crippen LogP contribution in [0.25, 0.3) is 0 Å². The summed E-state index contributed by atoms with van der Waals surface area (Å²) in [6.07, 6.45) is 5.58. The first-order valence-corrected chi connectivity index (χ1v) is 4.21. The van der Waals surface area contributed by atoms with E-state index in [1.165, 1.54) is 0 Å². The van der Waals surface area contributed by atoms with E-state index in [1.807, 2.05) is 25.1 Å². The summed E-state index contributed by atoms with van der Waals surface area (Å²) >= 11 is 0. The minimum Gasteiger partial charge on any atom is -0.351 e. The maximum atomic E-state index is 5.29. The van der Waals surface area contributed by atoms with Gasteiger partial charge in [-0.1, -0.05) is 12.2 Å². The van der Waals surface area contributed by atoms with Crippen LogP contribution in [0.1, 0.15) is 5.69 Å². The van der Waals surface area contributed by atoms with Crippen molar-refractivity contribution in [2.24, 2.45) is 5.73 Å². The Bertz CT molecular complexity index is 283. The lowest BCUT2D eigenvalue weighted by Crippen LogP contribution is -2.04. The zero-order valence-corrected chi connectivity index (χ0v) is 7.70. The lowest BCUT2D eigenvalue weighted by Gasteiger charge is -2.00. The molecule has 3 N–H and O–H groups in total. The number of anilines is 1. The lowest BCUT2D eigenvalue weighted by atomic mass is 10.4. The number of nitrogens with zero attached hydrogens (tertiary/aromatic N) is 2. The third-order valence-corrected chi connectivity index (χ3v) is 1.48. The number of nitrogens with one attached hydrogen (secondary N) is 1. The maximum absolute atomic E-state index is 5.29. The van der Waals surface area contributed by atoms with Crippen molar-refractivity contribution in [3.05, 3.63) is 30.1 Å². The quantitative estimate of drug-likeness (QED) is 0.666. The molecular formula is C9H14N4. The largest absolute Gasteiger partial charge is 0.351 e. The molecule has 0 aliphatic rings. The van der Waals surface area contributed by atoms with Crippen LogP contribution < -0.4 is 11.1 Å². The van der Waals surface area contributed by atoms with Crippen molar-refractivity contribution in [1.82, 2.24) is 9.97 Å². The predicted octanol–water partition coefficient (Wildman–Crippen LogP) is 0.712. The third kappa shape index (κ3) is 3.66. The SMILES string of the molecule is Cc1ccnc(NC/C=C/CN)n1. The van der Waals surface area contributed by atoms with Crippen molar-refractivity contribution >= 4 is 5.95 Å². The van der Waals surface area contributed by atoms with E-state index >= 15 is 0 Å². The van der Waals surface area contributed by atoms with E-state index in [4.69, 9.17) is 5.73 Å². The van der Waals surface area contributed by atoms with Gasteiger partial charge in [0.15, 0.2) is 0 Å². The molecule has 0 aliphatic heterocycles. The average molecular weight is 178 g/mol. The summed E-state index contributed by atoms with van der Waals surface area (Å²) in [5.41, 5.74) is 6.24. The molecule has 70 valence electrons. The minimum atomic E-state index is 0.566. The van der Waals surface area contributed by atoms with E-state index in [1.54, 1.807) is 6.20 Å². The zero-order valence-electron chi connectivity index (χ0n) is 7.70. The second kappa shape index (κ2) is 5.27. The van der Waals surface area contributed by atoms with Crippen LogP contribution >= 0.6 is 0 Å². The molecule has 0 saturated carbocycles. The van der Waals surface area contributed by atoms with Gasteiger partial charge in [0, 0.05) is 25.0 Å². The smallest absolute Gasteiger partial charge is 0.223 e. The summed E-state index contributed by atoms with van der Waals surface area (Å²) in [6, 6.07) is 1.86. The van der Waals surface area contributed by atoms with Crippen LogP contribution in [0.2, 0.25) is 0 Å². The first-order chi connectivity index (χ1) is 6.33. The average Bonchev–Trinajstić information content (AvgIpc) is 2.13.